The first-order valence-electron chi connectivity index (χ1n) is 2.74. The van der Waals surface area contributed by atoms with Crippen molar-refractivity contribution in [3.63, 3.8) is 0 Å². The number of methoxy groups -OCH3 is 1. The average Bonchev–Trinajstić information content (AvgIpc) is 2.34. The minimum atomic E-state index is -1.57. The minimum Gasteiger partial charge on any atom is -0.468 e. The molecule has 0 atom stereocenters. The molecular weight excluding hydrogens is 135 g/mol. The molecule has 0 unspecified atom stereocenters. The molecule has 0 aliphatic heterocycles. The molecule has 0 amide bonds. The maximum Gasteiger partial charge on any atom is 0.526 e. The van der Waals surface area contributed by atoms with Crippen LogP contribution in [0.2, 0.25) is 0 Å². The van der Waals surface area contributed by atoms with E-state index in [0.29, 0.717) is 0 Å². The molecule has 4 nitrogen and oxygen atoms in total. The molecule has 2 N–H and O–H groups in total. The van der Waals surface area contributed by atoms with E-state index in [1.54, 1.807) is 0 Å². The van der Waals surface area contributed by atoms with Crippen LogP contribution in [0.25, 0.3) is 0 Å². The van der Waals surface area contributed by atoms with Gasteiger partial charge in [-0.05, 0) is 6.07 Å². The maximum atomic E-state index is 8.54. The monoisotopic (exact) mass is 142 g/mol. The summed E-state index contributed by atoms with van der Waals surface area (Å²) in [5, 5.41) is 17.1. The van der Waals surface area contributed by atoms with E-state index in [-0.39, 0.29) is 11.6 Å². The Balaban J connectivity index is 2.78. The Morgan fingerprint density at radius 1 is 1.50 bits per heavy atom. The molecule has 0 radical (unpaired) electrons. The summed E-state index contributed by atoms with van der Waals surface area (Å²) in [6.45, 7) is 0. The molecule has 0 fully saturated rings. The van der Waals surface area contributed by atoms with Gasteiger partial charge in [0.2, 0.25) is 0 Å². The molecule has 5 heteroatoms. The highest BCUT2D eigenvalue weighted by molar-refractivity contribution is 6.57. The lowest BCUT2D eigenvalue weighted by Crippen LogP contribution is -2.27. The van der Waals surface area contributed by atoms with Crippen LogP contribution in [-0.2, 0) is 0 Å². The molecular formula is C5H7BO4. The Morgan fingerprint density at radius 3 is 2.50 bits per heavy atom. The van der Waals surface area contributed by atoms with Crippen LogP contribution in [0.15, 0.2) is 16.5 Å². The molecule has 0 spiro atoms. The van der Waals surface area contributed by atoms with Crippen LogP contribution in [0.3, 0.4) is 0 Å². The molecule has 54 valence electrons. The van der Waals surface area contributed by atoms with Crippen molar-refractivity contribution in [1.82, 2.24) is 0 Å². The van der Waals surface area contributed by atoms with Gasteiger partial charge in [0, 0.05) is 6.07 Å². The zero-order chi connectivity index (χ0) is 7.56. The first kappa shape index (κ1) is 7.18. The molecule has 0 saturated heterocycles. The first-order valence-corrected chi connectivity index (χ1v) is 2.74. The van der Waals surface area contributed by atoms with Gasteiger partial charge in [-0.15, -0.1) is 0 Å². The first-order chi connectivity index (χ1) is 4.74. The highest BCUT2D eigenvalue weighted by Gasteiger charge is 2.15. The predicted molar refractivity (Wildman–Crippen MR) is 35.1 cm³/mol. The molecule has 1 rings (SSSR count). The Kier molecular flexibility index (Phi) is 1.98. The third kappa shape index (κ3) is 1.31. The number of ether oxygens (including phenoxy) is 1. The average molecular weight is 142 g/mol. The summed E-state index contributed by atoms with van der Waals surface area (Å²) < 4.78 is 9.43. The zero-order valence-electron chi connectivity index (χ0n) is 5.44. The van der Waals surface area contributed by atoms with Crippen molar-refractivity contribution in [2.24, 2.45) is 0 Å². The van der Waals surface area contributed by atoms with E-state index in [4.69, 9.17) is 14.5 Å². The molecule has 10 heavy (non-hydrogen) atoms. The topological polar surface area (TPSA) is 62.8 Å². The molecule has 0 aromatic carbocycles. The number of hydrogen-bond donors (Lipinski definition) is 2. The van der Waals surface area contributed by atoms with Gasteiger partial charge >= 0.3 is 7.12 Å². The zero-order valence-corrected chi connectivity index (χ0v) is 5.44. The van der Waals surface area contributed by atoms with Crippen LogP contribution in [0.5, 0.6) is 5.95 Å². The van der Waals surface area contributed by atoms with Gasteiger partial charge in [0.15, 0.2) is 0 Å². The largest absolute Gasteiger partial charge is 0.526 e. The fourth-order valence-electron chi connectivity index (χ4n) is 0.583. The van der Waals surface area contributed by atoms with Crippen LogP contribution in [-0.4, -0.2) is 24.3 Å². The van der Waals surface area contributed by atoms with Crippen molar-refractivity contribution in [3.05, 3.63) is 12.1 Å². The second kappa shape index (κ2) is 2.77. The summed E-state index contributed by atoms with van der Waals surface area (Å²) in [5.74, 6) is 0.267. The predicted octanol–water partition coefficient (Wildman–Crippen LogP) is -1.03. The van der Waals surface area contributed by atoms with Crippen molar-refractivity contribution >= 4 is 12.8 Å². The smallest absolute Gasteiger partial charge is 0.468 e. The van der Waals surface area contributed by atoms with Crippen LogP contribution >= 0.6 is 0 Å². The number of furan rings is 1. The van der Waals surface area contributed by atoms with Crippen molar-refractivity contribution in [2.75, 3.05) is 7.11 Å². The van der Waals surface area contributed by atoms with Gasteiger partial charge in [0.1, 0.15) is 5.66 Å². The van der Waals surface area contributed by atoms with Gasteiger partial charge in [-0.1, -0.05) is 0 Å². The summed E-state index contributed by atoms with van der Waals surface area (Å²) in [4.78, 5) is 0. The van der Waals surface area contributed by atoms with Gasteiger partial charge in [0.25, 0.3) is 5.95 Å². The molecule has 1 aromatic heterocycles. The molecule has 0 bridgehead atoms. The summed E-state index contributed by atoms with van der Waals surface area (Å²) in [6, 6.07) is 2.94. The maximum absolute atomic E-state index is 8.54. The summed E-state index contributed by atoms with van der Waals surface area (Å²) >= 11 is 0. The van der Waals surface area contributed by atoms with E-state index in [1.165, 1.54) is 19.2 Å². The van der Waals surface area contributed by atoms with Gasteiger partial charge in [-0.2, -0.15) is 0 Å². The van der Waals surface area contributed by atoms with Crippen LogP contribution in [0.1, 0.15) is 0 Å². The van der Waals surface area contributed by atoms with Crippen LogP contribution in [0.4, 0.5) is 0 Å². The highest BCUT2D eigenvalue weighted by atomic mass is 16.6. The van der Waals surface area contributed by atoms with Crippen LogP contribution < -0.4 is 10.4 Å². The minimum absolute atomic E-state index is 0.0804. The van der Waals surface area contributed by atoms with E-state index in [2.05, 4.69) is 4.74 Å². The second-order valence-electron chi connectivity index (χ2n) is 1.73. The quantitative estimate of drug-likeness (QED) is 0.518. The lowest BCUT2D eigenvalue weighted by Gasteiger charge is -1.91. The fraction of sp³-hybridized carbons (Fsp3) is 0.200. The Morgan fingerprint density at radius 2 is 2.20 bits per heavy atom. The third-order valence-electron chi connectivity index (χ3n) is 1.06. The lowest BCUT2D eigenvalue weighted by atomic mass is 9.88. The molecule has 0 aliphatic carbocycles. The van der Waals surface area contributed by atoms with Gasteiger partial charge in [0.05, 0.1) is 7.11 Å². The normalized spacial score (nSPS) is 9.50. The highest BCUT2D eigenvalue weighted by Crippen LogP contribution is 2.06. The van der Waals surface area contributed by atoms with Crippen molar-refractivity contribution in [1.29, 1.82) is 0 Å². The fourth-order valence-corrected chi connectivity index (χ4v) is 0.583. The Labute approximate surface area is 58.2 Å². The molecule has 1 heterocycles. The SMILES string of the molecule is COc1ccc(B(O)O)o1. The summed E-state index contributed by atoms with van der Waals surface area (Å²) in [5.41, 5.74) is 0.0804. The van der Waals surface area contributed by atoms with Gasteiger partial charge in [-0.3, -0.25) is 0 Å². The summed E-state index contributed by atoms with van der Waals surface area (Å²) in [6.07, 6.45) is 0. The molecule has 1 aromatic rings. The lowest BCUT2D eigenvalue weighted by molar-refractivity contribution is 0.306. The molecule has 0 saturated carbocycles. The van der Waals surface area contributed by atoms with Crippen LogP contribution in [0, 0.1) is 0 Å². The standard InChI is InChI=1S/C5H7BO4/c1-9-5-3-2-4(10-5)6(7)8/h2-3,7-8H,1H3. The summed E-state index contributed by atoms with van der Waals surface area (Å²) in [7, 11) is -0.129. The number of rotatable bonds is 2. The third-order valence-corrected chi connectivity index (χ3v) is 1.06. The van der Waals surface area contributed by atoms with E-state index < -0.39 is 7.12 Å². The van der Waals surface area contributed by atoms with E-state index in [9.17, 15) is 0 Å². The number of hydrogen-bond acceptors (Lipinski definition) is 4. The van der Waals surface area contributed by atoms with E-state index in [1.807, 2.05) is 0 Å². The Bertz CT molecular complexity index is 207. The second-order valence-corrected chi connectivity index (χ2v) is 1.73. The molecule has 0 aliphatic rings. The van der Waals surface area contributed by atoms with E-state index in [0.717, 1.165) is 0 Å². The van der Waals surface area contributed by atoms with Crippen molar-refractivity contribution < 1.29 is 19.2 Å². The van der Waals surface area contributed by atoms with Gasteiger partial charge in [-0.25, -0.2) is 0 Å². The van der Waals surface area contributed by atoms with Crippen molar-refractivity contribution in [3.8, 4) is 5.95 Å². The Hall–Kier alpha value is -0.935. The van der Waals surface area contributed by atoms with Gasteiger partial charge < -0.3 is 19.2 Å². The van der Waals surface area contributed by atoms with E-state index >= 15 is 0 Å². The van der Waals surface area contributed by atoms with Crippen molar-refractivity contribution in [2.45, 2.75) is 0 Å².